The van der Waals surface area contributed by atoms with Crippen molar-refractivity contribution in [3.63, 3.8) is 0 Å². The Bertz CT molecular complexity index is 360. The molecule has 0 heterocycles. The highest BCUT2D eigenvalue weighted by atomic mass is 16.2. The normalized spacial score (nSPS) is 19.2. The zero-order chi connectivity index (χ0) is 15.6. The second kappa shape index (κ2) is 9.70. The van der Waals surface area contributed by atoms with Crippen LogP contribution in [-0.2, 0) is 4.79 Å². The molecule has 22 heavy (non-hydrogen) atoms. The lowest BCUT2D eigenvalue weighted by molar-refractivity contribution is -0.122. The fraction of sp³-hybridized carbons (Fsp3) is 0.882. The lowest BCUT2D eigenvalue weighted by Gasteiger charge is -2.12. The zero-order valence-corrected chi connectivity index (χ0v) is 14.0. The van der Waals surface area contributed by atoms with Crippen molar-refractivity contribution in [1.82, 2.24) is 16.0 Å². The van der Waals surface area contributed by atoms with Crippen LogP contribution in [0.15, 0.2) is 4.99 Å². The van der Waals surface area contributed by atoms with Crippen LogP contribution in [-0.4, -0.2) is 38.0 Å². The van der Waals surface area contributed by atoms with E-state index in [-0.39, 0.29) is 11.8 Å². The van der Waals surface area contributed by atoms with Crippen molar-refractivity contribution in [2.24, 2.45) is 16.8 Å². The highest BCUT2D eigenvalue weighted by molar-refractivity contribution is 5.81. The Morgan fingerprint density at radius 1 is 1.05 bits per heavy atom. The Morgan fingerprint density at radius 2 is 1.77 bits per heavy atom. The molecule has 0 spiro atoms. The summed E-state index contributed by atoms with van der Waals surface area (Å²) in [5.41, 5.74) is 0. The Kier molecular flexibility index (Phi) is 7.54. The van der Waals surface area contributed by atoms with Gasteiger partial charge in [-0.3, -0.25) is 9.79 Å². The number of carbonyl (C=O) groups is 1. The molecule has 2 rings (SSSR count). The van der Waals surface area contributed by atoms with Gasteiger partial charge in [-0.15, -0.1) is 0 Å². The molecule has 2 saturated carbocycles. The van der Waals surface area contributed by atoms with Crippen LogP contribution in [0.4, 0.5) is 0 Å². The van der Waals surface area contributed by atoms with Crippen molar-refractivity contribution in [2.75, 3.05) is 26.2 Å². The van der Waals surface area contributed by atoms with E-state index in [2.05, 4.69) is 27.9 Å². The van der Waals surface area contributed by atoms with Gasteiger partial charge in [0.2, 0.25) is 5.91 Å². The summed E-state index contributed by atoms with van der Waals surface area (Å²) in [6.45, 7) is 5.22. The Labute approximate surface area is 134 Å². The van der Waals surface area contributed by atoms with E-state index in [1.807, 2.05) is 0 Å². The van der Waals surface area contributed by atoms with Crippen molar-refractivity contribution in [3.8, 4) is 0 Å². The molecule has 0 radical (unpaired) electrons. The third-order valence-corrected chi connectivity index (χ3v) is 4.52. The average Bonchev–Trinajstić information content (AvgIpc) is 3.25. The highest BCUT2D eigenvalue weighted by Crippen LogP contribution is 2.29. The predicted molar refractivity (Wildman–Crippen MR) is 90.9 cm³/mol. The predicted octanol–water partition coefficient (Wildman–Crippen LogP) is 2.04. The highest BCUT2D eigenvalue weighted by Gasteiger charge is 2.28. The number of aliphatic imine (C=N–C) groups is 1. The molecular weight excluding hydrogens is 276 g/mol. The fourth-order valence-electron chi connectivity index (χ4n) is 3.07. The number of guanidine groups is 1. The molecular formula is C17H32N4O. The van der Waals surface area contributed by atoms with E-state index in [1.54, 1.807) is 0 Å². The van der Waals surface area contributed by atoms with Crippen LogP contribution in [0.3, 0.4) is 0 Å². The number of hydrogen-bond acceptors (Lipinski definition) is 2. The Morgan fingerprint density at radius 3 is 2.45 bits per heavy atom. The van der Waals surface area contributed by atoms with Gasteiger partial charge in [-0.05, 0) is 38.5 Å². The lowest BCUT2D eigenvalue weighted by atomic mass is 10.0. The summed E-state index contributed by atoms with van der Waals surface area (Å²) in [5, 5.41) is 9.51. The Hall–Kier alpha value is -1.26. The first-order valence-electron chi connectivity index (χ1n) is 9.09. The second-order valence-corrected chi connectivity index (χ2v) is 6.55. The van der Waals surface area contributed by atoms with E-state index in [0.29, 0.717) is 6.54 Å². The van der Waals surface area contributed by atoms with E-state index in [4.69, 9.17) is 0 Å². The first-order chi connectivity index (χ1) is 10.8. The number of carbonyl (C=O) groups excluding carboxylic acids is 1. The molecule has 0 saturated heterocycles. The summed E-state index contributed by atoms with van der Waals surface area (Å²) in [7, 11) is 0. The van der Waals surface area contributed by atoms with Crippen LogP contribution in [0.2, 0.25) is 0 Å². The molecule has 126 valence electrons. The molecule has 1 amide bonds. The van der Waals surface area contributed by atoms with Crippen LogP contribution >= 0.6 is 0 Å². The second-order valence-electron chi connectivity index (χ2n) is 6.55. The summed E-state index contributed by atoms with van der Waals surface area (Å²) in [6.07, 6.45) is 10.3. The van der Waals surface area contributed by atoms with Crippen LogP contribution in [0.5, 0.6) is 0 Å². The molecule has 5 heteroatoms. The molecule has 3 N–H and O–H groups in total. The zero-order valence-electron chi connectivity index (χ0n) is 14.0. The van der Waals surface area contributed by atoms with Gasteiger partial charge in [0.15, 0.2) is 5.96 Å². The summed E-state index contributed by atoms with van der Waals surface area (Å²) < 4.78 is 0. The largest absolute Gasteiger partial charge is 0.357 e. The van der Waals surface area contributed by atoms with Crippen LogP contribution < -0.4 is 16.0 Å². The molecule has 0 aliphatic heterocycles. The van der Waals surface area contributed by atoms with Gasteiger partial charge in [0.1, 0.15) is 0 Å². The quantitative estimate of drug-likeness (QED) is 0.347. The van der Waals surface area contributed by atoms with Crippen molar-refractivity contribution >= 4 is 11.9 Å². The van der Waals surface area contributed by atoms with E-state index in [0.717, 1.165) is 44.4 Å². The number of hydrogen-bond donors (Lipinski definition) is 3. The van der Waals surface area contributed by atoms with Gasteiger partial charge < -0.3 is 16.0 Å². The first-order valence-corrected chi connectivity index (χ1v) is 9.09. The molecule has 2 fully saturated rings. The van der Waals surface area contributed by atoms with Gasteiger partial charge in [0.05, 0.1) is 0 Å². The molecule has 0 unspecified atom stereocenters. The maximum absolute atomic E-state index is 11.5. The summed E-state index contributed by atoms with van der Waals surface area (Å²) in [6, 6.07) is 0. The van der Waals surface area contributed by atoms with E-state index in [1.165, 1.54) is 38.5 Å². The minimum Gasteiger partial charge on any atom is -0.357 e. The van der Waals surface area contributed by atoms with Gasteiger partial charge in [-0.1, -0.05) is 25.7 Å². The molecule has 0 bridgehead atoms. The molecule has 0 aromatic rings. The van der Waals surface area contributed by atoms with Gasteiger partial charge in [0, 0.05) is 32.1 Å². The third kappa shape index (κ3) is 6.67. The molecule has 2 aliphatic rings. The standard InChI is InChI=1S/C17H32N4O/c1-2-18-17(20-11-5-8-14-6-3-4-7-14)21-13-12-19-16(22)15-9-10-15/h14-15H,2-13H2,1H3,(H,19,22)(H2,18,20,21). The molecule has 0 aromatic carbocycles. The minimum atomic E-state index is 0.209. The van der Waals surface area contributed by atoms with Crippen LogP contribution in [0.25, 0.3) is 0 Å². The topological polar surface area (TPSA) is 65.5 Å². The molecule has 0 atom stereocenters. The van der Waals surface area contributed by atoms with Gasteiger partial charge in [-0.2, -0.15) is 0 Å². The number of nitrogens with zero attached hydrogens (tertiary/aromatic N) is 1. The average molecular weight is 308 g/mol. The molecule has 2 aliphatic carbocycles. The maximum atomic E-state index is 11.5. The fourth-order valence-corrected chi connectivity index (χ4v) is 3.07. The molecule has 5 nitrogen and oxygen atoms in total. The van der Waals surface area contributed by atoms with E-state index >= 15 is 0 Å². The van der Waals surface area contributed by atoms with Gasteiger partial charge in [0.25, 0.3) is 0 Å². The van der Waals surface area contributed by atoms with Crippen molar-refractivity contribution in [2.45, 2.75) is 58.3 Å². The maximum Gasteiger partial charge on any atom is 0.223 e. The number of rotatable bonds is 9. The van der Waals surface area contributed by atoms with Gasteiger partial charge in [-0.25, -0.2) is 0 Å². The van der Waals surface area contributed by atoms with Crippen LogP contribution in [0, 0.1) is 11.8 Å². The number of nitrogens with one attached hydrogen (secondary N) is 3. The minimum absolute atomic E-state index is 0.209. The summed E-state index contributed by atoms with van der Waals surface area (Å²) in [5.74, 6) is 2.32. The lowest BCUT2D eigenvalue weighted by Crippen LogP contribution is -2.41. The van der Waals surface area contributed by atoms with E-state index in [9.17, 15) is 4.79 Å². The third-order valence-electron chi connectivity index (χ3n) is 4.52. The smallest absolute Gasteiger partial charge is 0.223 e. The summed E-state index contributed by atoms with van der Waals surface area (Å²) in [4.78, 5) is 16.1. The van der Waals surface area contributed by atoms with Gasteiger partial charge >= 0.3 is 0 Å². The van der Waals surface area contributed by atoms with Crippen molar-refractivity contribution in [1.29, 1.82) is 0 Å². The number of amides is 1. The van der Waals surface area contributed by atoms with Crippen molar-refractivity contribution in [3.05, 3.63) is 0 Å². The van der Waals surface area contributed by atoms with E-state index < -0.39 is 0 Å². The summed E-state index contributed by atoms with van der Waals surface area (Å²) >= 11 is 0. The van der Waals surface area contributed by atoms with Crippen LogP contribution in [0.1, 0.15) is 58.3 Å². The SMILES string of the molecule is CCNC(=NCCCC1CCCC1)NCCNC(=O)C1CC1. The first kappa shape index (κ1) is 17.1. The Balaban J connectivity index is 1.55. The molecule has 0 aromatic heterocycles. The van der Waals surface area contributed by atoms with Crippen molar-refractivity contribution < 1.29 is 4.79 Å². The monoisotopic (exact) mass is 308 g/mol.